The molecule has 0 aromatic rings. The summed E-state index contributed by atoms with van der Waals surface area (Å²) < 4.78 is 10.6. The molecule has 2 rings (SSSR count). The molecule has 0 radical (unpaired) electrons. The fourth-order valence-corrected chi connectivity index (χ4v) is 3.51. The van der Waals surface area contributed by atoms with Gasteiger partial charge in [0.25, 0.3) is 0 Å². The highest BCUT2D eigenvalue weighted by atomic mass is 16.5. The van der Waals surface area contributed by atoms with Crippen LogP contribution in [-0.2, 0) is 19.1 Å². The molecule has 2 fully saturated rings. The Morgan fingerprint density at radius 3 is 2.25 bits per heavy atom. The van der Waals surface area contributed by atoms with Crippen LogP contribution in [0.5, 0.6) is 0 Å². The minimum Gasteiger partial charge on any atom is -0.469 e. The maximum atomic E-state index is 12.7. The molecular formula is C15H25NO4. The van der Waals surface area contributed by atoms with Crippen molar-refractivity contribution in [3.05, 3.63) is 0 Å². The van der Waals surface area contributed by atoms with E-state index in [2.05, 4.69) is 6.92 Å². The van der Waals surface area contributed by atoms with Crippen LogP contribution in [0, 0.1) is 23.7 Å². The first kappa shape index (κ1) is 15.3. The number of carbonyl (C=O) groups is 2. The first-order valence-corrected chi connectivity index (χ1v) is 7.38. The van der Waals surface area contributed by atoms with Crippen molar-refractivity contribution in [1.29, 1.82) is 0 Å². The van der Waals surface area contributed by atoms with Gasteiger partial charge in [-0.3, -0.25) is 9.59 Å². The van der Waals surface area contributed by atoms with Crippen LogP contribution < -0.4 is 0 Å². The van der Waals surface area contributed by atoms with Crippen molar-refractivity contribution in [3.63, 3.8) is 0 Å². The summed E-state index contributed by atoms with van der Waals surface area (Å²) in [4.78, 5) is 26.2. The predicted octanol–water partition coefficient (Wildman–Crippen LogP) is 1.31. The number of esters is 1. The molecule has 0 spiro atoms. The second-order valence-corrected chi connectivity index (χ2v) is 6.28. The topological polar surface area (TPSA) is 55.8 Å². The number of hydrogen-bond donors (Lipinski definition) is 0. The lowest BCUT2D eigenvalue weighted by atomic mass is 9.88. The Labute approximate surface area is 120 Å². The van der Waals surface area contributed by atoms with Crippen LogP contribution in [0.3, 0.4) is 0 Å². The van der Waals surface area contributed by atoms with E-state index in [1.54, 1.807) is 0 Å². The molecule has 0 N–H and O–H groups in total. The van der Waals surface area contributed by atoms with Crippen LogP contribution in [0.4, 0.5) is 0 Å². The summed E-state index contributed by atoms with van der Waals surface area (Å²) in [5.74, 6) is -0.0396. The number of methoxy groups -OCH3 is 1. The molecule has 20 heavy (non-hydrogen) atoms. The summed E-state index contributed by atoms with van der Waals surface area (Å²) in [5.41, 5.74) is 0. The zero-order valence-electron chi connectivity index (χ0n) is 13.0. The highest BCUT2D eigenvalue weighted by Crippen LogP contribution is 2.35. The highest BCUT2D eigenvalue weighted by molar-refractivity contribution is 5.82. The van der Waals surface area contributed by atoms with Gasteiger partial charge in [0.15, 0.2) is 0 Å². The van der Waals surface area contributed by atoms with Gasteiger partial charge in [0, 0.05) is 13.1 Å². The molecule has 0 saturated carbocycles. The van der Waals surface area contributed by atoms with E-state index < -0.39 is 0 Å². The molecule has 0 aromatic heterocycles. The van der Waals surface area contributed by atoms with E-state index in [0.717, 1.165) is 0 Å². The van der Waals surface area contributed by atoms with E-state index >= 15 is 0 Å². The number of amides is 1. The number of carbonyl (C=O) groups excluding carboxylic acids is 2. The van der Waals surface area contributed by atoms with Gasteiger partial charge in [-0.05, 0) is 25.7 Å². The van der Waals surface area contributed by atoms with Crippen molar-refractivity contribution >= 4 is 11.9 Å². The van der Waals surface area contributed by atoms with Crippen LogP contribution in [0.25, 0.3) is 0 Å². The Morgan fingerprint density at radius 1 is 1.10 bits per heavy atom. The maximum Gasteiger partial charge on any atom is 0.310 e. The van der Waals surface area contributed by atoms with Crippen molar-refractivity contribution < 1.29 is 19.1 Å². The smallest absolute Gasteiger partial charge is 0.310 e. The van der Waals surface area contributed by atoms with Gasteiger partial charge in [-0.15, -0.1) is 0 Å². The summed E-state index contributed by atoms with van der Waals surface area (Å²) in [6.07, 6.45) is 0.0513. The Morgan fingerprint density at radius 2 is 1.75 bits per heavy atom. The molecule has 2 aliphatic rings. The van der Waals surface area contributed by atoms with Gasteiger partial charge >= 0.3 is 5.97 Å². The van der Waals surface area contributed by atoms with E-state index in [1.807, 2.05) is 25.7 Å². The second-order valence-electron chi connectivity index (χ2n) is 6.28. The molecule has 1 amide bonds. The zero-order chi connectivity index (χ0) is 15.0. The normalized spacial score (nSPS) is 41.0. The lowest BCUT2D eigenvalue weighted by Gasteiger charge is -2.24. The molecule has 2 saturated heterocycles. The van der Waals surface area contributed by atoms with Crippen LogP contribution in [-0.4, -0.2) is 49.2 Å². The Hall–Kier alpha value is -1.10. The van der Waals surface area contributed by atoms with E-state index in [-0.39, 0.29) is 47.8 Å². The molecule has 2 aliphatic heterocycles. The molecule has 5 nitrogen and oxygen atoms in total. The third-order valence-corrected chi connectivity index (χ3v) is 4.96. The summed E-state index contributed by atoms with van der Waals surface area (Å²) in [7, 11) is 1.40. The first-order valence-electron chi connectivity index (χ1n) is 7.38. The summed E-state index contributed by atoms with van der Waals surface area (Å²) >= 11 is 0. The Kier molecular flexibility index (Phi) is 4.37. The van der Waals surface area contributed by atoms with Crippen molar-refractivity contribution in [3.8, 4) is 0 Å². The van der Waals surface area contributed by atoms with Crippen molar-refractivity contribution in [1.82, 2.24) is 4.90 Å². The van der Waals surface area contributed by atoms with Crippen molar-refractivity contribution in [2.75, 3.05) is 20.2 Å². The molecule has 2 heterocycles. The molecule has 0 aliphatic carbocycles. The molecule has 114 valence electrons. The fourth-order valence-electron chi connectivity index (χ4n) is 3.51. The van der Waals surface area contributed by atoms with Crippen LogP contribution in [0.15, 0.2) is 0 Å². The standard InChI is InChI=1S/C15H25NO4/c1-8-6-16(7-12(8)15(18)19-5)14(17)13-9(2)10(3)20-11(13)4/h8-13H,6-7H2,1-5H3. The van der Waals surface area contributed by atoms with Gasteiger partial charge in [0.1, 0.15) is 0 Å². The number of nitrogens with zero attached hydrogens (tertiary/aromatic N) is 1. The Balaban J connectivity index is 2.06. The number of likely N-dealkylation sites (tertiary alicyclic amines) is 1. The quantitative estimate of drug-likeness (QED) is 0.717. The molecule has 6 atom stereocenters. The average Bonchev–Trinajstić information content (AvgIpc) is 2.90. The van der Waals surface area contributed by atoms with Crippen molar-refractivity contribution in [2.45, 2.75) is 39.9 Å². The van der Waals surface area contributed by atoms with E-state index in [0.29, 0.717) is 13.1 Å². The second kappa shape index (κ2) is 5.72. The van der Waals surface area contributed by atoms with Crippen LogP contribution in [0.1, 0.15) is 27.7 Å². The average molecular weight is 283 g/mol. The summed E-state index contributed by atoms with van der Waals surface area (Å²) in [6, 6.07) is 0. The molecule has 0 aromatic carbocycles. The fraction of sp³-hybridized carbons (Fsp3) is 0.867. The van der Waals surface area contributed by atoms with Gasteiger partial charge in [-0.2, -0.15) is 0 Å². The number of rotatable bonds is 2. The SMILES string of the molecule is COC(=O)C1CN(C(=O)C2C(C)OC(C)C2C)CC1C. The lowest BCUT2D eigenvalue weighted by molar-refractivity contribution is -0.146. The van der Waals surface area contributed by atoms with E-state index in [1.165, 1.54) is 7.11 Å². The van der Waals surface area contributed by atoms with Crippen molar-refractivity contribution in [2.24, 2.45) is 23.7 Å². The molecule has 6 unspecified atom stereocenters. The van der Waals surface area contributed by atoms with E-state index in [9.17, 15) is 9.59 Å². The van der Waals surface area contributed by atoms with Gasteiger partial charge in [-0.1, -0.05) is 13.8 Å². The van der Waals surface area contributed by atoms with Gasteiger partial charge in [0.2, 0.25) is 5.91 Å². The van der Waals surface area contributed by atoms with Gasteiger partial charge in [-0.25, -0.2) is 0 Å². The predicted molar refractivity (Wildman–Crippen MR) is 73.9 cm³/mol. The molecule has 0 bridgehead atoms. The molecule has 5 heteroatoms. The zero-order valence-corrected chi connectivity index (χ0v) is 13.0. The minimum absolute atomic E-state index is 0.0556. The minimum atomic E-state index is -0.218. The monoisotopic (exact) mass is 283 g/mol. The van der Waals surface area contributed by atoms with Gasteiger partial charge < -0.3 is 14.4 Å². The summed E-state index contributed by atoms with van der Waals surface area (Å²) in [5, 5.41) is 0. The van der Waals surface area contributed by atoms with Crippen LogP contribution >= 0.6 is 0 Å². The third-order valence-electron chi connectivity index (χ3n) is 4.96. The van der Waals surface area contributed by atoms with E-state index in [4.69, 9.17) is 9.47 Å². The maximum absolute atomic E-state index is 12.7. The number of ether oxygens (including phenoxy) is 2. The summed E-state index contributed by atoms with van der Waals surface area (Å²) in [6.45, 7) is 9.13. The number of hydrogen-bond acceptors (Lipinski definition) is 4. The molecular weight excluding hydrogens is 258 g/mol. The van der Waals surface area contributed by atoms with Gasteiger partial charge in [0.05, 0.1) is 31.2 Å². The Bertz CT molecular complexity index is 397. The highest BCUT2D eigenvalue weighted by Gasteiger charge is 2.46. The lowest BCUT2D eigenvalue weighted by Crippen LogP contribution is -2.40. The van der Waals surface area contributed by atoms with Crippen LogP contribution in [0.2, 0.25) is 0 Å². The first-order chi connectivity index (χ1) is 9.36. The third kappa shape index (κ3) is 2.55. The largest absolute Gasteiger partial charge is 0.469 e.